The lowest BCUT2D eigenvalue weighted by Gasteiger charge is -2.06. The SMILES string of the molecule is COC(=O)C1CC(=O)/C(=C\N(C)C)C1. The van der Waals surface area contributed by atoms with Crippen molar-refractivity contribution in [2.75, 3.05) is 21.2 Å². The summed E-state index contributed by atoms with van der Waals surface area (Å²) in [4.78, 5) is 24.4. The van der Waals surface area contributed by atoms with Crippen molar-refractivity contribution in [1.29, 1.82) is 0 Å². The number of allylic oxidation sites excluding steroid dienone is 1. The van der Waals surface area contributed by atoms with E-state index >= 15 is 0 Å². The highest BCUT2D eigenvalue weighted by atomic mass is 16.5. The lowest BCUT2D eigenvalue weighted by Crippen LogP contribution is -2.12. The largest absolute Gasteiger partial charge is 0.469 e. The first kappa shape index (κ1) is 10.8. The fourth-order valence-corrected chi connectivity index (χ4v) is 1.58. The summed E-state index contributed by atoms with van der Waals surface area (Å²) >= 11 is 0. The Morgan fingerprint density at radius 2 is 2.14 bits per heavy atom. The molecule has 0 heterocycles. The van der Waals surface area contributed by atoms with Gasteiger partial charge < -0.3 is 9.64 Å². The quantitative estimate of drug-likeness (QED) is 0.480. The van der Waals surface area contributed by atoms with Crippen LogP contribution < -0.4 is 0 Å². The summed E-state index contributed by atoms with van der Waals surface area (Å²) in [6.45, 7) is 0. The van der Waals surface area contributed by atoms with Crippen molar-refractivity contribution in [3.05, 3.63) is 11.8 Å². The molecule has 1 atom stereocenters. The molecule has 0 spiro atoms. The van der Waals surface area contributed by atoms with Crippen molar-refractivity contribution in [1.82, 2.24) is 4.90 Å². The van der Waals surface area contributed by atoms with Gasteiger partial charge in [-0.2, -0.15) is 0 Å². The number of hydrogen-bond donors (Lipinski definition) is 0. The fourth-order valence-electron chi connectivity index (χ4n) is 1.58. The fraction of sp³-hybridized carbons (Fsp3) is 0.600. The number of ether oxygens (including phenoxy) is 1. The predicted octanol–water partition coefficient (Wildman–Crippen LogP) is 0.584. The van der Waals surface area contributed by atoms with Crippen LogP contribution in [-0.2, 0) is 14.3 Å². The molecule has 1 fully saturated rings. The summed E-state index contributed by atoms with van der Waals surface area (Å²) in [7, 11) is 5.05. The van der Waals surface area contributed by atoms with Crippen LogP contribution in [0.25, 0.3) is 0 Å². The Morgan fingerprint density at radius 1 is 1.50 bits per heavy atom. The van der Waals surface area contributed by atoms with Crippen molar-refractivity contribution in [2.45, 2.75) is 12.8 Å². The molecule has 0 saturated heterocycles. The third-order valence-electron chi connectivity index (χ3n) is 2.20. The molecule has 0 amide bonds. The zero-order valence-corrected chi connectivity index (χ0v) is 8.74. The second-order valence-corrected chi connectivity index (χ2v) is 3.67. The Morgan fingerprint density at radius 3 is 2.64 bits per heavy atom. The molecular formula is C10H15NO3. The summed E-state index contributed by atoms with van der Waals surface area (Å²) in [6, 6.07) is 0. The van der Waals surface area contributed by atoms with Crippen molar-refractivity contribution < 1.29 is 14.3 Å². The molecule has 1 rings (SSSR count). The topological polar surface area (TPSA) is 46.6 Å². The molecule has 0 radical (unpaired) electrons. The third kappa shape index (κ3) is 2.34. The first-order chi connectivity index (χ1) is 6.54. The van der Waals surface area contributed by atoms with Gasteiger partial charge in [0.15, 0.2) is 5.78 Å². The van der Waals surface area contributed by atoms with Crippen LogP contribution in [0.4, 0.5) is 0 Å². The molecule has 0 aromatic carbocycles. The number of Topliss-reactive ketones (excluding diaryl/α,β-unsaturated/α-hetero) is 1. The number of nitrogens with zero attached hydrogens (tertiary/aromatic N) is 1. The molecular weight excluding hydrogens is 182 g/mol. The first-order valence-electron chi connectivity index (χ1n) is 4.52. The minimum absolute atomic E-state index is 0.0501. The van der Waals surface area contributed by atoms with E-state index in [1.165, 1.54) is 7.11 Å². The summed E-state index contributed by atoms with van der Waals surface area (Å²) in [5.74, 6) is -0.520. The molecule has 78 valence electrons. The van der Waals surface area contributed by atoms with Crippen molar-refractivity contribution in [3.63, 3.8) is 0 Å². The lowest BCUT2D eigenvalue weighted by molar-refractivity contribution is -0.145. The standard InChI is InChI=1S/C10H15NO3/c1-11(2)6-8-4-7(5-9(8)12)10(13)14-3/h6-7H,4-5H2,1-3H3/b8-6-. The normalized spacial score (nSPS) is 24.1. The maximum absolute atomic E-state index is 11.4. The van der Waals surface area contributed by atoms with Crippen LogP contribution in [0.15, 0.2) is 11.8 Å². The van der Waals surface area contributed by atoms with E-state index in [0.29, 0.717) is 12.0 Å². The molecule has 4 nitrogen and oxygen atoms in total. The van der Waals surface area contributed by atoms with Crippen LogP contribution in [0.2, 0.25) is 0 Å². The molecule has 1 aliphatic carbocycles. The van der Waals surface area contributed by atoms with Crippen LogP contribution in [0.5, 0.6) is 0 Å². The van der Waals surface area contributed by atoms with E-state index in [0.717, 1.165) is 0 Å². The lowest BCUT2D eigenvalue weighted by atomic mass is 10.1. The van der Waals surface area contributed by atoms with E-state index in [1.807, 2.05) is 19.0 Å². The molecule has 14 heavy (non-hydrogen) atoms. The average Bonchev–Trinajstić information content (AvgIpc) is 2.46. The van der Waals surface area contributed by atoms with Crippen LogP contribution >= 0.6 is 0 Å². The Labute approximate surface area is 83.5 Å². The number of methoxy groups -OCH3 is 1. The highest BCUT2D eigenvalue weighted by molar-refractivity contribution is 6.01. The van der Waals surface area contributed by atoms with Crippen molar-refractivity contribution >= 4 is 11.8 Å². The second kappa shape index (κ2) is 4.26. The molecule has 0 bridgehead atoms. The van der Waals surface area contributed by atoms with Gasteiger partial charge >= 0.3 is 5.97 Å². The Kier molecular flexibility index (Phi) is 3.28. The number of rotatable bonds is 2. The van der Waals surface area contributed by atoms with Crippen molar-refractivity contribution in [3.8, 4) is 0 Å². The van der Waals surface area contributed by atoms with Gasteiger partial charge in [-0.15, -0.1) is 0 Å². The van der Waals surface area contributed by atoms with E-state index in [-0.39, 0.29) is 24.1 Å². The number of ketones is 1. The number of carbonyl (C=O) groups is 2. The maximum Gasteiger partial charge on any atom is 0.309 e. The van der Waals surface area contributed by atoms with E-state index in [4.69, 9.17) is 0 Å². The second-order valence-electron chi connectivity index (χ2n) is 3.67. The van der Waals surface area contributed by atoms with Gasteiger partial charge in [0.25, 0.3) is 0 Å². The van der Waals surface area contributed by atoms with E-state index in [1.54, 1.807) is 6.20 Å². The molecule has 0 aromatic rings. The van der Waals surface area contributed by atoms with Gasteiger partial charge in [0.05, 0.1) is 13.0 Å². The van der Waals surface area contributed by atoms with Gasteiger partial charge in [0, 0.05) is 32.3 Å². The van der Waals surface area contributed by atoms with Gasteiger partial charge in [0.2, 0.25) is 0 Å². The minimum Gasteiger partial charge on any atom is -0.469 e. The molecule has 1 saturated carbocycles. The number of esters is 1. The molecule has 1 unspecified atom stereocenters. The van der Waals surface area contributed by atoms with E-state index in [9.17, 15) is 9.59 Å². The van der Waals surface area contributed by atoms with Crippen LogP contribution in [0.1, 0.15) is 12.8 Å². The summed E-state index contributed by atoms with van der Waals surface area (Å²) in [5, 5.41) is 0. The monoisotopic (exact) mass is 197 g/mol. The van der Waals surface area contributed by atoms with Crippen molar-refractivity contribution in [2.24, 2.45) is 5.92 Å². The van der Waals surface area contributed by atoms with Gasteiger partial charge in [-0.05, 0) is 6.42 Å². The smallest absolute Gasteiger partial charge is 0.309 e. The minimum atomic E-state index is -0.291. The Hall–Kier alpha value is -1.32. The van der Waals surface area contributed by atoms with E-state index in [2.05, 4.69) is 4.74 Å². The van der Waals surface area contributed by atoms with Gasteiger partial charge in [0.1, 0.15) is 0 Å². The molecule has 0 aliphatic heterocycles. The predicted molar refractivity (Wildman–Crippen MR) is 51.5 cm³/mol. The van der Waals surface area contributed by atoms with Gasteiger partial charge in [-0.25, -0.2) is 0 Å². The molecule has 0 aromatic heterocycles. The summed E-state index contributed by atoms with van der Waals surface area (Å²) in [5.41, 5.74) is 0.713. The highest BCUT2D eigenvalue weighted by Gasteiger charge is 2.33. The number of carbonyl (C=O) groups excluding carboxylic acids is 2. The first-order valence-corrected chi connectivity index (χ1v) is 4.52. The molecule has 1 aliphatic rings. The molecule has 4 heteroatoms. The van der Waals surface area contributed by atoms with Crippen LogP contribution in [0.3, 0.4) is 0 Å². The molecule has 0 N–H and O–H groups in total. The third-order valence-corrected chi connectivity index (χ3v) is 2.20. The zero-order chi connectivity index (χ0) is 10.7. The van der Waals surface area contributed by atoms with Crippen LogP contribution in [-0.4, -0.2) is 37.9 Å². The van der Waals surface area contributed by atoms with Gasteiger partial charge in [-0.1, -0.05) is 0 Å². The zero-order valence-electron chi connectivity index (χ0n) is 8.74. The Balaban J connectivity index is 2.69. The summed E-state index contributed by atoms with van der Waals surface area (Å²) < 4.78 is 4.60. The highest BCUT2D eigenvalue weighted by Crippen LogP contribution is 2.28. The Bertz CT molecular complexity index is 281. The number of hydrogen-bond acceptors (Lipinski definition) is 4. The van der Waals surface area contributed by atoms with Gasteiger partial charge in [-0.3, -0.25) is 9.59 Å². The van der Waals surface area contributed by atoms with E-state index < -0.39 is 0 Å². The van der Waals surface area contributed by atoms with Crippen LogP contribution in [0, 0.1) is 5.92 Å². The maximum atomic E-state index is 11.4. The average molecular weight is 197 g/mol. The summed E-state index contributed by atoms with van der Waals surface area (Å²) in [6.07, 6.45) is 2.56.